The third kappa shape index (κ3) is 1.65. The summed E-state index contributed by atoms with van der Waals surface area (Å²) in [6.07, 6.45) is 1.40. The molecular formula is C8H10N2O3. The van der Waals surface area contributed by atoms with Gasteiger partial charge in [-0.25, -0.2) is 0 Å². The van der Waals surface area contributed by atoms with Gasteiger partial charge in [0.2, 0.25) is 0 Å². The molecule has 0 saturated carbocycles. The Morgan fingerprint density at radius 1 is 1.62 bits per heavy atom. The van der Waals surface area contributed by atoms with E-state index in [2.05, 4.69) is 4.98 Å². The van der Waals surface area contributed by atoms with Crippen LogP contribution in [0.15, 0.2) is 6.20 Å². The number of nitro groups is 1. The first-order chi connectivity index (χ1) is 6.07. The fourth-order valence-corrected chi connectivity index (χ4v) is 1.21. The van der Waals surface area contributed by atoms with E-state index in [0.717, 1.165) is 0 Å². The average Bonchev–Trinajstić information content (AvgIpc) is 2.04. The van der Waals surface area contributed by atoms with E-state index in [1.165, 1.54) is 6.20 Å². The predicted molar refractivity (Wildman–Crippen MR) is 46.3 cm³/mol. The van der Waals surface area contributed by atoms with E-state index in [4.69, 9.17) is 5.11 Å². The Labute approximate surface area is 75.2 Å². The first-order valence-corrected chi connectivity index (χ1v) is 3.78. The summed E-state index contributed by atoms with van der Waals surface area (Å²) >= 11 is 0. The lowest BCUT2D eigenvalue weighted by molar-refractivity contribution is -0.386. The molecule has 0 saturated heterocycles. The minimum absolute atomic E-state index is 0.0408. The van der Waals surface area contributed by atoms with Gasteiger partial charge in [0, 0.05) is 11.8 Å². The largest absolute Gasteiger partial charge is 0.390 e. The van der Waals surface area contributed by atoms with Gasteiger partial charge in [-0.05, 0) is 13.8 Å². The zero-order valence-electron chi connectivity index (χ0n) is 7.44. The highest BCUT2D eigenvalue weighted by molar-refractivity contribution is 5.47. The van der Waals surface area contributed by atoms with Crippen molar-refractivity contribution in [3.63, 3.8) is 0 Å². The molecule has 0 aliphatic carbocycles. The number of aliphatic hydroxyl groups excluding tert-OH is 1. The molecule has 0 aliphatic rings. The van der Waals surface area contributed by atoms with Gasteiger partial charge in [-0.2, -0.15) is 0 Å². The van der Waals surface area contributed by atoms with E-state index in [0.29, 0.717) is 16.8 Å². The number of aliphatic hydroxyl groups is 1. The van der Waals surface area contributed by atoms with E-state index in [9.17, 15) is 10.1 Å². The van der Waals surface area contributed by atoms with Crippen molar-refractivity contribution in [3.05, 3.63) is 33.1 Å². The fourth-order valence-electron chi connectivity index (χ4n) is 1.21. The maximum absolute atomic E-state index is 10.6. The molecule has 0 atom stereocenters. The van der Waals surface area contributed by atoms with E-state index in [1.807, 2.05) is 0 Å². The second-order valence-electron chi connectivity index (χ2n) is 2.78. The first-order valence-electron chi connectivity index (χ1n) is 3.78. The summed E-state index contributed by atoms with van der Waals surface area (Å²) in [5, 5.41) is 19.4. The second-order valence-corrected chi connectivity index (χ2v) is 2.78. The van der Waals surface area contributed by atoms with E-state index in [-0.39, 0.29) is 12.3 Å². The highest BCUT2D eigenvalue weighted by Crippen LogP contribution is 2.23. The van der Waals surface area contributed by atoms with Crippen LogP contribution in [-0.4, -0.2) is 15.0 Å². The van der Waals surface area contributed by atoms with Crippen LogP contribution in [0.1, 0.15) is 16.8 Å². The molecule has 0 bridgehead atoms. The van der Waals surface area contributed by atoms with Gasteiger partial charge in [0.15, 0.2) is 0 Å². The number of aryl methyl sites for hydroxylation is 1. The molecule has 0 fully saturated rings. The van der Waals surface area contributed by atoms with Crippen LogP contribution in [0.5, 0.6) is 0 Å². The van der Waals surface area contributed by atoms with Gasteiger partial charge >= 0.3 is 0 Å². The Morgan fingerprint density at radius 3 is 2.69 bits per heavy atom. The smallest absolute Gasteiger partial charge is 0.278 e. The minimum Gasteiger partial charge on any atom is -0.390 e. The molecule has 0 aliphatic heterocycles. The van der Waals surface area contributed by atoms with Crippen LogP contribution < -0.4 is 0 Å². The lowest BCUT2D eigenvalue weighted by Crippen LogP contribution is -2.01. The summed E-state index contributed by atoms with van der Waals surface area (Å²) in [6.45, 7) is 2.94. The third-order valence-electron chi connectivity index (χ3n) is 1.91. The molecule has 0 aromatic carbocycles. The second kappa shape index (κ2) is 3.49. The standard InChI is InChI=1S/C8H10N2O3/c1-5-3-9-7(4-11)6(2)8(5)10(12)13/h3,11H,4H2,1-2H3. The van der Waals surface area contributed by atoms with Crippen LogP contribution in [0.2, 0.25) is 0 Å². The van der Waals surface area contributed by atoms with Crippen LogP contribution in [-0.2, 0) is 6.61 Å². The van der Waals surface area contributed by atoms with Crippen molar-refractivity contribution in [2.24, 2.45) is 0 Å². The topological polar surface area (TPSA) is 76.3 Å². The molecule has 0 amide bonds. The maximum atomic E-state index is 10.6. The molecule has 5 heteroatoms. The van der Waals surface area contributed by atoms with Crippen molar-refractivity contribution >= 4 is 5.69 Å². The Balaban J connectivity index is 3.38. The molecule has 1 N–H and O–H groups in total. The number of aromatic nitrogens is 1. The van der Waals surface area contributed by atoms with Crippen molar-refractivity contribution < 1.29 is 10.0 Å². The summed E-state index contributed by atoms with van der Waals surface area (Å²) in [4.78, 5) is 14.0. The first kappa shape index (κ1) is 9.60. The van der Waals surface area contributed by atoms with Crippen LogP contribution in [0.3, 0.4) is 0 Å². The van der Waals surface area contributed by atoms with Crippen molar-refractivity contribution in [2.75, 3.05) is 0 Å². The Hall–Kier alpha value is -1.49. The SMILES string of the molecule is Cc1cnc(CO)c(C)c1[N+](=O)[O-]. The molecule has 1 heterocycles. The molecule has 0 radical (unpaired) electrons. The zero-order chi connectivity index (χ0) is 10.0. The maximum Gasteiger partial charge on any atom is 0.278 e. The Morgan fingerprint density at radius 2 is 2.23 bits per heavy atom. The lowest BCUT2D eigenvalue weighted by Gasteiger charge is -2.04. The van der Waals surface area contributed by atoms with Crippen LogP contribution >= 0.6 is 0 Å². The van der Waals surface area contributed by atoms with E-state index < -0.39 is 4.92 Å². The molecule has 13 heavy (non-hydrogen) atoms. The Bertz CT molecular complexity index is 349. The minimum atomic E-state index is -0.453. The fraction of sp³-hybridized carbons (Fsp3) is 0.375. The van der Waals surface area contributed by atoms with Gasteiger partial charge in [0.1, 0.15) is 0 Å². The molecule has 1 aromatic heterocycles. The van der Waals surface area contributed by atoms with E-state index in [1.54, 1.807) is 13.8 Å². The molecule has 5 nitrogen and oxygen atoms in total. The summed E-state index contributed by atoms with van der Waals surface area (Å²) < 4.78 is 0. The van der Waals surface area contributed by atoms with Crippen molar-refractivity contribution in [1.29, 1.82) is 0 Å². The Kier molecular flexibility index (Phi) is 2.57. The molecule has 70 valence electrons. The van der Waals surface area contributed by atoms with Crippen molar-refractivity contribution in [2.45, 2.75) is 20.5 Å². The van der Waals surface area contributed by atoms with Gasteiger partial charge in [0.25, 0.3) is 5.69 Å². The van der Waals surface area contributed by atoms with Crippen molar-refractivity contribution in [1.82, 2.24) is 4.98 Å². The van der Waals surface area contributed by atoms with Crippen LogP contribution in [0, 0.1) is 24.0 Å². The highest BCUT2D eigenvalue weighted by atomic mass is 16.6. The normalized spacial score (nSPS) is 10.1. The summed E-state index contributed by atoms with van der Waals surface area (Å²) in [5.74, 6) is 0. The summed E-state index contributed by atoms with van der Waals surface area (Å²) in [6, 6.07) is 0. The van der Waals surface area contributed by atoms with Crippen molar-refractivity contribution in [3.8, 4) is 0 Å². The molecule has 1 rings (SSSR count). The van der Waals surface area contributed by atoms with Gasteiger partial charge in [0.05, 0.1) is 22.8 Å². The number of rotatable bonds is 2. The van der Waals surface area contributed by atoms with E-state index >= 15 is 0 Å². The van der Waals surface area contributed by atoms with Gasteiger partial charge in [-0.15, -0.1) is 0 Å². The number of hydrogen-bond acceptors (Lipinski definition) is 4. The molecule has 0 spiro atoms. The van der Waals surface area contributed by atoms with Crippen LogP contribution in [0.4, 0.5) is 5.69 Å². The summed E-state index contributed by atoms with van der Waals surface area (Å²) in [7, 11) is 0. The quantitative estimate of drug-likeness (QED) is 0.548. The third-order valence-corrected chi connectivity index (χ3v) is 1.91. The van der Waals surface area contributed by atoms with Gasteiger partial charge in [-0.3, -0.25) is 15.1 Å². The zero-order valence-corrected chi connectivity index (χ0v) is 7.44. The lowest BCUT2D eigenvalue weighted by atomic mass is 10.1. The highest BCUT2D eigenvalue weighted by Gasteiger charge is 2.17. The molecular weight excluding hydrogens is 172 g/mol. The molecule has 0 unspecified atom stereocenters. The average molecular weight is 182 g/mol. The number of pyridine rings is 1. The number of hydrogen-bond donors (Lipinski definition) is 1. The predicted octanol–water partition coefficient (Wildman–Crippen LogP) is 1.10. The van der Waals surface area contributed by atoms with Gasteiger partial charge < -0.3 is 5.11 Å². The van der Waals surface area contributed by atoms with Gasteiger partial charge in [-0.1, -0.05) is 0 Å². The van der Waals surface area contributed by atoms with Crippen LogP contribution in [0.25, 0.3) is 0 Å². The monoisotopic (exact) mass is 182 g/mol. The number of nitrogens with zero attached hydrogens (tertiary/aromatic N) is 2. The molecule has 1 aromatic rings. The summed E-state index contributed by atoms with van der Waals surface area (Å²) in [5.41, 5.74) is 1.35.